The SMILES string of the molecule is CN1C(=O)[C@](C)(C[N+](=O)[O-])c2c(-c3cccs3)[nH]c3c([N+](=O)[O-])ccc1c23. The lowest BCUT2D eigenvalue weighted by Gasteiger charge is -2.35. The highest BCUT2D eigenvalue weighted by Crippen LogP contribution is 2.50. The van der Waals surface area contributed by atoms with Crippen molar-refractivity contribution < 1.29 is 14.6 Å². The number of hydrogen-bond donors (Lipinski definition) is 1. The number of nitrogens with zero attached hydrogens (tertiary/aromatic N) is 3. The van der Waals surface area contributed by atoms with Gasteiger partial charge < -0.3 is 9.88 Å². The fraction of sp³-hybridized carbons (Fsp3) is 0.235. The van der Waals surface area contributed by atoms with E-state index in [1.54, 1.807) is 0 Å². The number of nitro groups is 2. The van der Waals surface area contributed by atoms with E-state index in [9.17, 15) is 25.0 Å². The van der Waals surface area contributed by atoms with Crippen LogP contribution in [0, 0.1) is 20.2 Å². The van der Waals surface area contributed by atoms with Gasteiger partial charge in [-0.25, -0.2) is 0 Å². The van der Waals surface area contributed by atoms with Crippen molar-refractivity contribution in [2.45, 2.75) is 12.3 Å². The molecular formula is C17H14N4O5S. The van der Waals surface area contributed by atoms with E-state index in [1.165, 1.54) is 42.3 Å². The Kier molecular flexibility index (Phi) is 3.57. The van der Waals surface area contributed by atoms with Gasteiger partial charge in [0.05, 0.1) is 21.2 Å². The Morgan fingerprint density at radius 2 is 2.00 bits per heavy atom. The third-order valence-electron chi connectivity index (χ3n) is 5.01. The Morgan fingerprint density at radius 1 is 1.26 bits per heavy atom. The first kappa shape index (κ1) is 17.2. The predicted octanol–water partition coefficient (Wildman–Crippen LogP) is 3.32. The quantitative estimate of drug-likeness (QED) is 0.544. The van der Waals surface area contributed by atoms with Crippen LogP contribution in [0.4, 0.5) is 11.4 Å². The molecule has 0 radical (unpaired) electrons. The molecule has 10 heteroatoms. The third kappa shape index (κ3) is 2.26. The maximum absolute atomic E-state index is 13.1. The van der Waals surface area contributed by atoms with Gasteiger partial charge in [-0.05, 0) is 24.4 Å². The van der Waals surface area contributed by atoms with Crippen LogP contribution in [0.1, 0.15) is 12.5 Å². The highest BCUT2D eigenvalue weighted by Gasteiger charge is 2.50. The molecule has 0 aliphatic carbocycles. The van der Waals surface area contributed by atoms with Crippen LogP contribution >= 0.6 is 11.3 Å². The van der Waals surface area contributed by atoms with Gasteiger partial charge in [-0.1, -0.05) is 6.07 Å². The van der Waals surface area contributed by atoms with Crippen LogP contribution in [0.3, 0.4) is 0 Å². The normalized spacial score (nSPS) is 18.9. The molecule has 0 spiro atoms. The van der Waals surface area contributed by atoms with Gasteiger partial charge in [-0.2, -0.15) is 0 Å². The number of non-ortho nitro benzene ring substituents is 1. The molecule has 1 aromatic carbocycles. The maximum atomic E-state index is 13.1. The number of carbonyl (C=O) groups excluding carboxylic acids is 1. The molecule has 3 aromatic rings. The Morgan fingerprint density at radius 3 is 2.59 bits per heavy atom. The van der Waals surface area contributed by atoms with Crippen LogP contribution in [-0.2, 0) is 10.2 Å². The second-order valence-electron chi connectivity index (χ2n) is 6.65. The summed E-state index contributed by atoms with van der Waals surface area (Å²) in [5, 5.41) is 25.2. The Labute approximate surface area is 156 Å². The van der Waals surface area contributed by atoms with Crippen molar-refractivity contribution in [3.63, 3.8) is 0 Å². The van der Waals surface area contributed by atoms with E-state index in [0.29, 0.717) is 22.3 Å². The molecule has 138 valence electrons. The highest BCUT2D eigenvalue weighted by molar-refractivity contribution is 7.13. The molecule has 0 bridgehead atoms. The molecular weight excluding hydrogens is 372 g/mol. The van der Waals surface area contributed by atoms with Crippen molar-refractivity contribution in [2.24, 2.45) is 0 Å². The molecule has 2 aromatic heterocycles. The van der Waals surface area contributed by atoms with Crippen molar-refractivity contribution in [1.29, 1.82) is 0 Å². The molecule has 1 atom stereocenters. The highest BCUT2D eigenvalue weighted by atomic mass is 32.1. The zero-order chi connectivity index (χ0) is 19.5. The molecule has 0 saturated carbocycles. The van der Waals surface area contributed by atoms with Crippen molar-refractivity contribution in [2.75, 3.05) is 18.5 Å². The topological polar surface area (TPSA) is 122 Å². The number of aromatic nitrogens is 1. The molecule has 27 heavy (non-hydrogen) atoms. The van der Waals surface area contributed by atoms with E-state index >= 15 is 0 Å². The van der Waals surface area contributed by atoms with E-state index in [4.69, 9.17) is 0 Å². The summed E-state index contributed by atoms with van der Waals surface area (Å²) >= 11 is 1.39. The first-order valence-electron chi connectivity index (χ1n) is 8.03. The molecule has 0 unspecified atom stereocenters. The molecule has 9 nitrogen and oxygen atoms in total. The molecule has 1 N–H and O–H groups in total. The Balaban J connectivity index is 2.19. The smallest absolute Gasteiger partial charge is 0.293 e. The van der Waals surface area contributed by atoms with Gasteiger partial charge in [0.2, 0.25) is 12.5 Å². The van der Waals surface area contributed by atoms with E-state index in [-0.39, 0.29) is 11.2 Å². The van der Waals surface area contributed by atoms with Gasteiger partial charge >= 0.3 is 0 Å². The van der Waals surface area contributed by atoms with E-state index in [2.05, 4.69) is 4.98 Å². The van der Waals surface area contributed by atoms with Gasteiger partial charge in [0.15, 0.2) is 0 Å². The zero-order valence-corrected chi connectivity index (χ0v) is 15.2. The first-order chi connectivity index (χ1) is 12.8. The van der Waals surface area contributed by atoms with Gasteiger partial charge in [0.1, 0.15) is 10.9 Å². The summed E-state index contributed by atoms with van der Waals surface area (Å²) < 4.78 is 0. The maximum Gasteiger partial charge on any atom is 0.293 e. The number of nitro benzene ring substituents is 1. The number of anilines is 1. The summed E-state index contributed by atoms with van der Waals surface area (Å²) in [6.45, 7) is 0.916. The molecule has 3 heterocycles. The number of carbonyl (C=O) groups is 1. The van der Waals surface area contributed by atoms with E-state index in [1.807, 2.05) is 17.5 Å². The summed E-state index contributed by atoms with van der Waals surface area (Å²) in [4.78, 5) is 40.2. The predicted molar refractivity (Wildman–Crippen MR) is 101 cm³/mol. The second-order valence-corrected chi connectivity index (χ2v) is 7.60. The van der Waals surface area contributed by atoms with Crippen LogP contribution < -0.4 is 4.90 Å². The van der Waals surface area contributed by atoms with Crippen LogP contribution in [0.5, 0.6) is 0 Å². The zero-order valence-electron chi connectivity index (χ0n) is 14.4. The number of thiophene rings is 1. The minimum atomic E-state index is -1.45. The average molecular weight is 386 g/mol. The lowest BCUT2D eigenvalue weighted by atomic mass is 9.76. The van der Waals surface area contributed by atoms with E-state index in [0.717, 1.165) is 4.88 Å². The number of benzene rings is 1. The number of hydrogen-bond acceptors (Lipinski definition) is 6. The summed E-state index contributed by atoms with van der Waals surface area (Å²) in [5.74, 6) is -0.417. The molecule has 1 aliphatic rings. The molecule has 0 fully saturated rings. The Hall–Kier alpha value is -3.27. The summed E-state index contributed by atoms with van der Waals surface area (Å²) in [6, 6.07) is 6.48. The number of rotatable bonds is 4. The van der Waals surface area contributed by atoms with Crippen LogP contribution in [0.25, 0.3) is 21.5 Å². The van der Waals surface area contributed by atoms with Gasteiger partial charge in [-0.3, -0.25) is 25.0 Å². The minimum Gasteiger partial charge on any atom is -0.348 e. The minimum absolute atomic E-state index is 0.135. The third-order valence-corrected chi connectivity index (χ3v) is 5.90. The lowest BCUT2D eigenvalue weighted by Crippen LogP contribution is -2.50. The molecule has 4 rings (SSSR count). The number of amides is 1. The number of nitrogens with one attached hydrogen (secondary N) is 1. The molecule has 1 amide bonds. The van der Waals surface area contributed by atoms with Crippen molar-refractivity contribution >= 4 is 39.5 Å². The number of aromatic amines is 1. The van der Waals surface area contributed by atoms with Gasteiger partial charge in [0, 0.05) is 29.0 Å². The van der Waals surface area contributed by atoms with Crippen LogP contribution in [0.2, 0.25) is 0 Å². The largest absolute Gasteiger partial charge is 0.348 e. The van der Waals surface area contributed by atoms with Crippen LogP contribution in [-0.4, -0.2) is 34.3 Å². The van der Waals surface area contributed by atoms with Crippen molar-refractivity contribution in [3.05, 3.63) is 55.4 Å². The van der Waals surface area contributed by atoms with Crippen LogP contribution in [0.15, 0.2) is 29.6 Å². The fourth-order valence-electron chi connectivity index (χ4n) is 3.85. The summed E-state index contributed by atoms with van der Waals surface area (Å²) in [5.41, 5.74) is 0.141. The Bertz CT molecular complexity index is 1120. The summed E-state index contributed by atoms with van der Waals surface area (Å²) in [6.07, 6.45) is 0. The summed E-state index contributed by atoms with van der Waals surface area (Å²) in [7, 11) is 1.53. The van der Waals surface area contributed by atoms with Gasteiger partial charge in [-0.15, -0.1) is 11.3 Å². The average Bonchev–Trinajstić information content (AvgIpc) is 3.25. The van der Waals surface area contributed by atoms with Crippen molar-refractivity contribution in [3.8, 4) is 10.6 Å². The molecule has 0 saturated heterocycles. The lowest BCUT2D eigenvalue weighted by molar-refractivity contribution is -0.487. The number of likely N-dealkylation sites (N-methyl/N-ethyl adjacent to an activating group) is 1. The van der Waals surface area contributed by atoms with E-state index < -0.39 is 27.7 Å². The number of H-pyrrole nitrogens is 1. The molecule has 1 aliphatic heterocycles. The first-order valence-corrected chi connectivity index (χ1v) is 8.91. The van der Waals surface area contributed by atoms with Gasteiger partial charge in [0.25, 0.3) is 5.69 Å². The fourth-order valence-corrected chi connectivity index (χ4v) is 4.59. The monoisotopic (exact) mass is 386 g/mol. The second kappa shape index (κ2) is 5.61. The standard InChI is InChI=1S/C17H14N4O5S/c1-17(8-20(23)24)13-12-9(19(2)16(17)22)5-6-10(21(25)26)14(12)18-15(13)11-4-3-7-27-11/h3-7,18H,8H2,1-2H3/t17-/m1/s1. The van der Waals surface area contributed by atoms with Crippen molar-refractivity contribution in [1.82, 2.24) is 4.98 Å².